The highest BCUT2D eigenvalue weighted by Crippen LogP contribution is 2.44. The molecule has 0 radical (unpaired) electrons. The molecule has 200 valence electrons. The zero-order valence-electron chi connectivity index (χ0n) is 22.0. The lowest BCUT2D eigenvalue weighted by Gasteiger charge is -2.44. The topological polar surface area (TPSA) is 105 Å². The second-order valence-electron chi connectivity index (χ2n) is 9.97. The van der Waals surface area contributed by atoms with Crippen molar-refractivity contribution in [3.05, 3.63) is 59.7 Å². The number of carbonyl (C=O) groups excluding carboxylic acids is 2. The maximum absolute atomic E-state index is 13.0. The number of hydrogen-bond acceptors (Lipinski definition) is 6. The first-order valence-corrected chi connectivity index (χ1v) is 12.9. The fourth-order valence-electron chi connectivity index (χ4n) is 5.04. The van der Waals surface area contributed by atoms with E-state index in [1.54, 1.807) is 19.2 Å². The van der Waals surface area contributed by atoms with Crippen LogP contribution < -0.4 is 10.1 Å². The molecule has 0 saturated heterocycles. The molecule has 1 fully saturated rings. The van der Waals surface area contributed by atoms with Crippen LogP contribution in [0.2, 0.25) is 0 Å². The average molecular weight is 511 g/mol. The van der Waals surface area contributed by atoms with E-state index in [1.165, 1.54) is 12.1 Å². The van der Waals surface area contributed by atoms with Crippen molar-refractivity contribution in [2.45, 2.75) is 62.9 Å². The van der Waals surface area contributed by atoms with E-state index in [2.05, 4.69) is 22.3 Å². The molecule has 2 aromatic rings. The molecule has 0 aromatic heterocycles. The lowest BCUT2D eigenvalue weighted by atomic mass is 9.72. The van der Waals surface area contributed by atoms with Crippen LogP contribution in [0.3, 0.4) is 0 Å². The van der Waals surface area contributed by atoms with E-state index < -0.39 is 11.6 Å². The summed E-state index contributed by atoms with van der Waals surface area (Å²) in [6, 6.07) is 14.0. The molecular weight excluding hydrogens is 472 g/mol. The van der Waals surface area contributed by atoms with Crippen LogP contribution in [0, 0.1) is 0 Å². The summed E-state index contributed by atoms with van der Waals surface area (Å²) in [6.07, 6.45) is 5.48. The predicted octanol–water partition coefficient (Wildman–Crippen LogP) is 5.09. The van der Waals surface area contributed by atoms with Crippen LogP contribution >= 0.6 is 0 Å². The maximum Gasteiger partial charge on any atom is 0.335 e. The van der Waals surface area contributed by atoms with Gasteiger partial charge in [-0.3, -0.25) is 9.59 Å². The number of benzene rings is 2. The minimum atomic E-state index is -1.02. The van der Waals surface area contributed by atoms with Crippen LogP contribution in [0.5, 0.6) is 5.75 Å². The van der Waals surface area contributed by atoms with Gasteiger partial charge in [0.2, 0.25) is 5.91 Å². The van der Waals surface area contributed by atoms with Crippen LogP contribution in [0.15, 0.2) is 48.5 Å². The Hall–Kier alpha value is -3.39. The van der Waals surface area contributed by atoms with Crippen molar-refractivity contribution in [1.29, 1.82) is 0 Å². The number of carbonyl (C=O) groups is 3. The van der Waals surface area contributed by atoms with Gasteiger partial charge in [0.1, 0.15) is 11.4 Å². The Bertz CT molecular complexity index is 1040. The van der Waals surface area contributed by atoms with Crippen molar-refractivity contribution in [1.82, 2.24) is 4.90 Å². The van der Waals surface area contributed by atoms with Gasteiger partial charge in [-0.25, -0.2) is 4.79 Å². The molecule has 2 N–H and O–H groups in total. The van der Waals surface area contributed by atoms with Crippen molar-refractivity contribution >= 4 is 23.5 Å². The second kappa shape index (κ2) is 13.2. The molecule has 0 spiro atoms. The molecule has 0 bridgehead atoms. The average Bonchev–Trinajstić information content (AvgIpc) is 2.88. The van der Waals surface area contributed by atoms with Gasteiger partial charge in [-0.2, -0.15) is 0 Å². The number of aromatic carboxylic acids is 1. The van der Waals surface area contributed by atoms with Crippen LogP contribution in [-0.4, -0.2) is 61.2 Å². The molecule has 8 nitrogen and oxygen atoms in total. The summed E-state index contributed by atoms with van der Waals surface area (Å²) in [5.74, 6) is -0.718. The van der Waals surface area contributed by atoms with Crippen molar-refractivity contribution in [3.63, 3.8) is 0 Å². The Kier molecular flexibility index (Phi) is 10.1. The molecule has 0 aliphatic heterocycles. The number of hydrogen-bond donors (Lipinski definition) is 2. The SMILES string of the molecule is COc1ccc(C(CN(C)C)C2(OC(=O)CCCC(=O)Nc3ccc(C(=O)O)cc3)CCCCC2)cc1. The summed E-state index contributed by atoms with van der Waals surface area (Å²) >= 11 is 0. The summed E-state index contributed by atoms with van der Waals surface area (Å²) in [4.78, 5) is 38.5. The zero-order valence-corrected chi connectivity index (χ0v) is 22.0. The molecule has 3 rings (SSSR count). The molecule has 1 amide bonds. The number of esters is 1. The number of carboxylic acids is 1. The highest BCUT2D eigenvalue weighted by Gasteiger charge is 2.44. The Morgan fingerprint density at radius 2 is 1.62 bits per heavy atom. The fraction of sp³-hybridized carbons (Fsp3) is 0.483. The first kappa shape index (κ1) is 28.2. The molecule has 1 aliphatic rings. The predicted molar refractivity (Wildman–Crippen MR) is 142 cm³/mol. The number of carboxylic acid groups (broad SMARTS) is 1. The monoisotopic (exact) mass is 510 g/mol. The van der Waals surface area contributed by atoms with Crippen LogP contribution in [0.25, 0.3) is 0 Å². The van der Waals surface area contributed by atoms with Gasteiger partial charge in [0.25, 0.3) is 0 Å². The van der Waals surface area contributed by atoms with E-state index in [-0.39, 0.29) is 36.2 Å². The number of ether oxygens (including phenoxy) is 2. The Morgan fingerprint density at radius 3 is 2.19 bits per heavy atom. The number of methoxy groups -OCH3 is 1. The first-order chi connectivity index (χ1) is 17.7. The summed E-state index contributed by atoms with van der Waals surface area (Å²) in [5, 5.41) is 11.7. The van der Waals surface area contributed by atoms with Crippen molar-refractivity contribution in [2.75, 3.05) is 33.1 Å². The van der Waals surface area contributed by atoms with E-state index in [4.69, 9.17) is 14.6 Å². The minimum Gasteiger partial charge on any atom is -0.497 e. The molecule has 37 heavy (non-hydrogen) atoms. The largest absolute Gasteiger partial charge is 0.497 e. The summed E-state index contributed by atoms with van der Waals surface area (Å²) in [6.45, 7) is 0.753. The smallest absolute Gasteiger partial charge is 0.335 e. The third-order valence-corrected chi connectivity index (χ3v) is 6.92. The Labute approximate surface area is 219 Å². The zero-order chi connectivity index (χ0) is 26.8. The normalized spacial score (nSPS) is 15.6. The van der Waals surface area contributed by atoms with Gasteiger partial charge in [-0.05, 0) is 88.2 Å². The number of amides is 1. The highest BCUT2D eigenvalue weighted by molar-refractivity contribution is 5.92. The number of anilines is 1. The lowest BCUT2D eigenvalue weighted by molar-refractivity contribution is -0.167. The molecule has 1 aliphatic carbocycles. The second-order valence-corrected chi connectivity index (χ2v) is 9.97. The lowest BCUT2D eigenvalue weighted by Crippen LogP contribution is -2.46. The summed E-state index contributed by atoms with van der Waals surface area (Å²) in [7, 11) is 5.71. The Balaban J connectivity index is 1.62. The standard InChI is InChI=1S/C29H38N2O6/c1-31(2)20-25(21-12-16-24(36-3)17-13-21)29(18-5-4-6-19-29)37-27(33)9-7-8-26(32)30-23-14-10-22(11-15-23)28(34)35/h10-17,25H,4-9,18-20H2,1-3H3,(H,30,32)(H,34,35). The van der Waals surface area contributed by atoms with Crippen molar-refractivity contribution in [3.8, 4) is 5.75 Å². The van der Waals surface area contributed by atoms with Crippen molar-refractivity contribution < 1.29 is 29.0 Å². The van der Waals surface area contributed by atoms with Gasteiger partial charge in [0, 0.05) is 31.0 Å². The van der Waals surface area contributed by atoms with E-state index in [0.29, 0.717) is 12.1 Å². The molecule has 1 unspecified atom stereocenters. The fourth-order valence-corrected chi connectivity index (χ4v) is 5.04. The molecular formula is C29H38N2O6. The van der Waals surface area contributed by atoms with E-state index >= 15 is 0 Å². The number of rotatable bonds is 12. The maximum atomic E-state index is 13.0. The third-order valence-electron chi connectivity index (χ3n) is 6.92. The summed E-state index contributed by atoms with van der Waals surface area (Å²) < 4.78 is 11.6. The van der Waals surface area contributed by atoms with Gasteiger partial charge < -0.3 is 24.8 Å². The van der Waals surface area contributed by atoms with E-state index in [1.807, 2.05) is 26.2 Å². The Morgan fingerprint density at radius 1 is 0.973 bits per heavy atom. The first-order valence-electron chi connectivity index (χ1n) is 12.9. The van der Waals surface area contributed by atoms with Crippen LogP contribution in [-0.2, 0) is 14.3 Å². The van der Waals surface area contributed by atoms with Gasteiger partial charge in [0.05, 0.1) is 12.7 Å². The van der Waals surface area contributed by atoms with Gasteiger partial charge >= 0.3 is 11.9 Å². The van der Waals surface area contributed by atoms with Crippen LogP contribution in [0.1, 0.15) is 73.2 Å². The van der Waals surface area contributed by atoms with Gasteiger partial charge in [0.15, 0.2) is 0 Å². The van der Waals surface area contributed by atoms with Gasteiger partial charge in [-0.15, -0.1) is 0 Å². The third kappa shape index (κ3) is 8.05. The minimum absolute atomic E-state index is 0.0229. The molecule has 0 heterocycles. The molecule has 1 atom stereocenters. The van der Waals surface area contributed by atoms with Crippen molar-refractivity contribution in [2.24, 2.45) is 0 Å². The molecule has 1 saturated carbocycles. The number of nitrogens with one attached hydrogen (secondary N) is 1. The van der Waals surface area contributed by atoms with Crippen LogP contribution in [0.4, 0.5) is 5.69 Å². The quantitative estimate of drug-likeness (QED) is 0.383. The van der Waals surface area contributed by atoms with Gasteiger partial charge in [-0.1, -0.05) is 18.6 Å². The molecule has 2 aromatic carbocycles. The van der Waals surface area contributed by atoms with E-state index in [9.17, 15) is 14.4 Å². The molecule has 8 heteroatoms. The number of likely N-dealkylation sites (N-methyl/N-ethyl adjacent to an activating group) is 1. The highest BCUT2D eigenvalue weighted by atomic mass is 16.6. The van der Waals surface area contributed by atoms with E-state index in [0.717, 1.165) is 50.0 Å². The number of nitrogens with zero attached hydrogens (tertiary/aromatic N) is 1. The summed E-state index contributed by atoms with van der Waals surface area (Å²) in [5.41, 5.74) is 1.21.